The molecule has 0 spiro atoms. The lowest BCUT2D eigenvalue weighted by atomic mass is 10.2. The predicted molar refractivity (Wildman–Crippen MR) is 99.7 cm³/mol. The van der Waals surface area contributed by atoms with Crippen LogP contribution in [0.4, 0.5) is 5.82 Å². The van der Waals surface area contributed by atoms with Gasteiger partial charge in [0.15, 0.2) is 5.82 Å². The van der Waals surface area contributed by atoms with Crippen LogP contribution < -0.4 is 5.01 Å². The monoisotopic (exact) mass is 385 g/mol. The molecule has 0 atom stereocenters. The minimum Gasteiger partial charge on any atom is -0.272 e. The number of amides is 1. The average Bonchev–Trinajstić information content (AvgIpc) is 3.11. The largest absolute Gasteiger partial charge is 0.272 e. The Labute approximate surface area is 157 Å². The van der Waals surface area contributed by atoms with E-state index in [9.17, 15) is 13.2 Å². The van der Waals surface area contributed by atoms with E-state index in [2.05, 4.69) is 15.1 Å². The Morgan fingerprint density at radius 2 is 1.78 bits per heavy atom. The molecule has 0 N–H and O–H groups in total. The lowest BCUT2D eigenvalue weighted by Gasteiger charge is -2.25. The number of aromatic nitrogens is 2. The van der Waals surface area contributed by atoms with Crippen molar-refractivity contribution in [3.8, 4) is 0 Å². The van der Waals surface area contributed by atoms with Crippen molar-refractivity contribution < 1.29 is 13.2 Å². The Morgan fingerprint density at radius 3 is 2.44 bits per heavy atom. The summed E-state index contributed by atoms with van der Waals surface area (Å²) >= 11 is 0. The van der Waals surface area contributed by atoms with Crippen LogP contribution in [0.25, 0.3) is 0 Å². The third kappa shape index (κ3) is 3.47. The molecule has 4 heterocycles. The second-order valence-corrected chi connectivity index (χ2v) is 8.40. The van der Waals surface area contributed by atoms with Crippen molar-refractivity contribution in [2.45, 2.75) is 30.6 Å². The number of pyridine rings is 2. The third-order valence-electron chi connectivity index (χ3n) is 4.63. The molecule has 2 aliphatic heterocycles. The minimum atomic E-state index is -3.55. The number of rotatable bonds is 4. The molecule has 0 aliphatic carbocycles. The highest BCUT2D eigenvalue weighted by Crippen LogP contribution is 2.24. The summed E-state index contributed by atoms with van der Waals surface area (Å²) in [6.07, 6.45) is 5.86. The van der Waals surface area contributed by atoms with Gasteiger partial charge in [0, 0.05) is 25.5 Å². The van der Waals surface area contributed by atoms with E-state index in [1.807, 2.05) is 6.07 Å². The number of hydrazone groups is 1. The normalized spacial score (nSPS) is 18.6. The van der Waals surface area contributed by atoms with Crippen molar-refractivity contribution in [3.05, 3.63) is 48.4 Å². The molecule has 140 valence electrons. The molecule has 0 bridgehead atoms. The van der Waals surface area contributed by atoms with Gasteiger partial charge in [0.1, 0.15) is 4.90 Å². The molecule has 0 saturated carbocycles. The summed E-state index contributed by atoms with van der Waals surface area (Å²) in [5.41, 5.74) is 1.20. The second kappa shape index (κ2) is 7.16. The molecule has 1 saturated heterocycles. The maximum atomic E-state index is 12.7. The van der Waals surface area contributed by atoms with Gasteiger partial charge in [-0.05, 0) is 37.1 Å². The molecule has 1 fully saturated rings. The van der Waals surface area contributed by atoms with Crippen LogP contribution >= 0.6 is 0 Å². The first-order valence-electron chi connectivity index (χ1n) is 8.84. The SMILES string of the molecule is O=C1CC(c2ccccn2)=NN1c1ccc(S(=O)(=O)N2CCCCC2)cn1. The molecule has 9 heteroatoms. The van der Waals surface area contributed by atoms with Gasteiger partial charge in [-0.25, -0.2) is 13.4 Å². The molecule has 1 amide bonds. The van der Waals surface area contributed by atoms with Gasteiger partial charge in [-0.3, -0.25) is 9.78 Å². The van der Waals surface area contributed by atoms with E-state index in [4.69, 9.17) is 0 Å². The van der Waals surface area contributed by atoms with Gasteiger partial charge in [0.05, 0.1) is 17.8 Å². The van der Waals surface area contributed by atoms with Gasteiger partial charge in [0.2, 0.25) is 10.0 Å². The lowest BCUT2D eigenvalue weighted by Crippen LogP contribution is -2.35. The van der Waals surface area contributed by atoms with Crippen LogP contribution in [-0.2, 0) is 14.8 Å². The van der Waals surface area contributed by atoms with Crippen LogP contribution in [0.2, 0.25) is 0 Å². The maximum Gasteiger partial charge on any atom is 0.255 e. The molecular formula is C18H19N5O3S. The number of carbonyl (C=O) groups is 1. The van der Waals surface area contributed by atoms with Crippen LogP contribution in [0.3, 0.4) is 0 Å². The number of hydrogen-bond donors (Lipinski definition) is 0. The van der Waals surface area contributed by atoms with Crippen molar-refractivity contribution in [2.24, 2.45) is 5.10 Å². The van der Waals surface area contributed by atoms with Gasteiger partial charge in [-0.1, -0.05) is 12.5 Å². The Morgan fingerprint density at radius 1 is 0.963 bits per heavy atom. The Bertz CT molecular complexity index is 968. The van der Waals surface area contributed by atoms with E-state index in [1.165, 1.54) is 27.6 Å². The fourth-order valence-electron chi connectivity index (χ4n) is 3.19. The van der Waals surface area contributed by atoms with Crippen molar-refractivity contribution in [2.75, 3.05) is 18.1 Å². The lowest BCUT2D eigenvalue weighted by molar-refractivity contribution is -0.116. The van der Waals surface area contributed by atoms with Gasteiger partial charge in [-0.15, -0.1) is 0 Å². The number of sulfonamides is 1. The number of nitrogens with zero attached hydrogens (tertiary/aromatic N) is 5. The minimum absolute atomic E-state index is 0.131. The molecule has 27 heavy (non-hydrogen) atoms. The van der Waals surface area contributed by atoms with E-state index in [-0.39, 0.29) is 17.2 Å². The highest BCUT2D eigenvalue weighted by Gasteiger charge is 2.29. The predicted octanol–water partition coefficient (Wildman–Crippen LogP) is 1.79. The molecule has 2 aromatic heterocycles. The Hall–Kier alpha value is -2.65. The summed E-state index contributed by atoms with van der Waals surface area (Å²) in [6, 6.07) is 8.41. The van der Waals surface area contributed by atoms with Gasteiger partial charge < -0.3 is 0 Å². The van der Waals surface area contributed by atoms with Crippen molar-refractivity contribution in [1.82, 2.24) is 14.3 Å². The van der Waals surface area contributed by atoms with E-state index in [0.717, 1.165) is 19.3 Å². The number of carbonyl (C=O) groups excluding carboxylic acids is 1. The van der Waals surface area contributed by atoms with E-state index >= 15 is 0 Å². The zero-order valence-electron chi connectivity index (χ0n) is 14.7. The fourth-order valence-corrected chi connectivity index (χ4v) is 4.65. The topological polar surface area (TPSA) is 95.8 Å². The van der Waals surface area contributed by atoms with Crippen molar-refractivity contribution in [1.29, 1.82) is 0 Å². The zero-order chi connectivity index (χ0) is 18.9. The summed E-state index contributed by atoms with van der Waals surface area (Å²) in [6.45, 7) is 1.07. The Kier molecular flexibility index (Phi) is 4.71. The molecular weight excluding hydrogens is 366 g/mol. The van der Waals surface area contributed by atoms with E-state index in [0.29, 0.717) is 30.3 Å². The second-order valence-electron chi connectivity index (χ2n) is 6.46. The number of piperidine rings is 1. The van der Waals surface area contributed by atoms with E-state index < -0.39 is 10.0 Å². The summed E-state index contributed by atoms with van der Waals surface area (Å²) in [5.74, 6) is 0.0679. The number of anilines is 1. The first kappa shape index (κ1) is 17.7. The first-order valence-corrected chi connectivity index (χ1v) is 10.3. The van der Waals surface area contributed by atoms with Crippen molar-refractivity contribution >= 4 is 27.5 Å². The van der Waals surface area contributed by atoms with Gasteiger partial charge >= 0.3 is 0 Å². The highest BCUT2D eigenvalue weighted by molar-refractivity contribution is 7.89. The van der Waals surface area contributed by atoms with Crippen LogP contribution in [0.15, 0.2) is 52.7 Å². The summed E-state index contributed by atoms with van der Waals surface area (Å²) in [7, 11) is -3.55. The molecule has 2 aromatic rings. The fraction of sp³-hybridized carbons (Fsp3) is 0.333. The molecule has 4 rings (SSSR count). The van der Waals surface area contributed by atoms with Gasteiger partial charge in [0.25, 0.3) is 5.91 Å². The smallest absolute Gasteiger partial charge is 0.255 e. The quantitative estimate of drug-likeness (QED) is 0.799. The summed E-state index contributed by atoms with van der Waals surface area (Å²) < 4.78 is 26.9. The summed E-state index contributed by atoms with van der Waals surface area (Å²) in [5, 5.41) is 5.50. The number of hydrogen-bond acceptors (Lipinski definition) is 6. The standard InChI is InChI=1S/C18H19N5O3S/c24-18-12-16(15-6-2-3-9-19-15)21-23(18)17-8-7-14(13-20-17)27(25,26)22-10-4-1-5-11-22/h2-3,6-9,13H,1,4-5,10-12H2. The Balaban J connectivity index is 1.57. The molecule has 0 unspecified atom stereocenters. The molecule has 0 radical (unpaired) electrons. The van der Waals surface area contributed by atoms with E-state index in [1.54, 1.807) is 18.3 Å². The van der Waals surface area contributed by atoms with Crippen molar-refractivity contribution in [3.63, 3.8) is 0 Å². The first-order chi connectivity index (χ1) is 13.1. The molecule has 8 nitrogen and oxygen atoms in total. The van der Waals surface area contributed by atoms with Crippen LogP contribution in [0, 0.1) is 0 Å². The zero-order valence-corrected chi connectivity index (χ0v) is 15.5. The summed E-state index contributed by atoms with van der Waals surface area (Å²) in [4.78, 5) is 20.8. The van der Waals surface area contributed by atoms with Crippen LogP contribution in [0.1, 0.15) is 31.4 Å². The molecule has 2 aliphatic rings. The highest BCUT2D eigenvalue weighted by atomic mass is 32.2. The molecule has 0 aromatic carbocycles. The van der Waals surface area contributed by atoms with Crippen LogP contribution in [0.5, 0.6) is 0 Å². The maximum absolute atomic E-state index is 12.7. The third-order valence-corrected chi connectivity index (χ3v) is 6.51. The average molecular weight is 385 g/mol. The van der Waals surface area contributed by atoms with Crippen LogP contribution in [-0.4, -0.2) is 47.4 Å². The van der Waals surface area contributed by atoms with Gasteiger partial charge in [-0.2, -0.15) is 14.4 Å².